The summed E-state index contributed by atoms with van der Waals surface area (Å²) in [5.41, 5.74) is 1.53. The highest BCUT2D eigenvalue weighted by Gasteiger charge is 2.36. The minimum Gasteiger partial charge on any atom is -0.461 e. The molecule has 1 unspecified atom stereocenters. The summed E-state index contributed by atoms with van der Waals surface area (Å²) in [6.45, 7) is 17.2. The van der Waals surface area contributed by atoms with Gasteiger partial charge in [-0.05, 0) is 45.4 Å². The van der Waals surface area contributed by atoms with Crippen molar-refractivity contribution < 1.29 is 23.5 Å². The van der Waals surface area contributed by atoms with Crippen LogP contribution >= 0.6 is 0 Å². The van der Waals surface area contributed by atoms with Gasteiger partial charge in [-0.15, -0.1) is 0 Å². The zero-order chi connectivity index (χ0) is 23.6. The molecule has 0 spiro atoms. The first-order valence-corrected chi connectivity index (χ1v) is 10.4. The zero-order valence-corrected chi connectivity index (χ0v) is 18.9. The molecule has 0 fully saturated rings. The highest BCUT2D eigenvalue weighted by molar-refractivity contribution is 5.89. The van der Waals surface area contributed by atoms with Gasteiger partial charge in [0.2, 0.25) is 5.69 Å². The van der Waals surface area contributed by atoms with Crippen LogP contribution in [0, 0.1) is 12.4 Å². The molecule has 1 atom stereocenters. The summed E-state index contributed by atoms with van der Waals surface area (Å²) in [7, 11) is 0. The second kappa shape index (κ2) is 8.99. The number of fused-ring (bicyclic) bond motifs is 1. The number of esters is 1. The van der Waals surface area contributed by atoms with E-state index in [4.69, 9.17) is 16.0 Å². The lowest BCUT2D eigenvalue weighted by Crippen LogP contribution is -2.41. The predicted molar refractivity (Wildman–Crippen MR) is 115 cm³/mol. The van der Waals surface area contributed by atoms with Crippen molar-refractivity contribution in [3.8, 4) is 0 Å². The number of hydrogen-bond acceptors (Lipinski definition) is 5. The molecule has 0 aliphatic carbocycles. The zero-order valence-electron chi connectivity index (χ0n) is 18.9. The monoisotopic (exact) mass is 442 g/mol. The van der Waals surface area contributed by atoms with E-state index in [1.54, 1.807) is 43.3 Å². The van der Waals surface area contributed by atoms with Crippen LogP contribution in [0.5, 0.6) is 0 Å². The van der Waals surface area contributed by atoms with Crippen molar-refractivity contribution in [2.24, 2.45) is 0 Å². The number of aromatic nitrogens is 2. The molecule has 0 saturated heterocycles. The molecule has 9 heteroatoms. The number of carbonyl (C=O) groups is 2. The number of carbonyl (C=O) groups excluding carboxylic acids is 2. The Hall–Kier alpha value is -3.41. The lowest BCUT2D eigenvalue weighted by Gasteiger charge is -2.33. The molecule has 32 heavy (non-hydrogen) atoms. The number of hydrogen-bond donors (Lipinski definition) is 0. The molecule has 8 nitrogen and oxygen atoms in total. The van der Waals surface area contributed by atoms with Crippen molar-refractivity contribution >= 4 is 17.7 Å². The van der Waals surface area contributed by atoms with Crippen LogP contribution in [0.3, 0.4) is 0 Å². The van der Waals surface area contributed by atoms with Crippen molar-refractivity contribution in [3.63, 3.8) is 0 Å². The molecule has 0 saturated carbocycles. The molecule has 0 radical (unpaired) electrons. The first kappa shape index (κ1) is 23.3. The minimum absolute atomic E-state index is 0.0710. The molecule has 1 aromatic carbocycles. The number of halogens is 1. The Morgan fingerprint density at radius 3 is 2.69 bits per heavy atom. The average Bonchev–Trinajstić information content (AvgIpc) is 3.07. The fourth-order valence-electron chi connectivity index (χ4n) is 3.76. The molecule has 2 heterocycles. The van der Waals surface area contributed by atoms with E-state index < -0.39 is 23.5 Å². The molecular formula is C23H27FN4O4. The van der Waals surface area contributed by atoms with Gasteiger partial charge in [-0.3, -0.25) is 4.68 Å². The van der Waals surface area contributed by atoms with Crippen LogP contribution in [0.4, 0.5) is 14.9 Å². The number of amides is 1. The van der Waals surface area contributed by atoms with Crippen molar-refractivity contribution in [3.05, 3.63) is 57.9 Å². The number of ether oxygens (including phenoxy) is 2. The van der Waals surface area contributed by atoms with Gasteiger partial charge in [0, 0.05) is 23.7 Å². The van der Waals surface area contributed by atoms with E-state index >= 15 is 0 Å². The van der Waals surface area contributed by atoms with Crippen LogP contribution in [0.2, 0.25) is 0 Å². The highest BCUT2D eigenvalue weighted by Crippen LogP contribution is 2.32. The molecule has 1 aliphatic rings. The lowest BCUT2D eigenvalue weighted by molar-refractivity contribution is 0.0203. The van der Waals surface area contributed by atoms with E-state index in [-0.39, 0.29) is 37.0 Å². The predicted octanol–water partition coefficient (Wildman–Crippen LogP) is 4.65. The Labute approximate surface area is 186 Å². The average molecular weight is 442 g/mol. The standard InChI is InChI=1S/C23H27FN4O4/c1-7-31-21(29)19-16-13-27(22(30)32-23(3,4)5)11-14(2)20(16)28(26-19)12-15-8-9-17(24)18(10-15)25-6/h8-10,14H,7,11-13H2,1-5H3. The van der Waals surface area contributed by atoms with Gasteiger partial charge in [0.25, 0.3) is 0 Å². The van der Waals surface area contributed by atoms with Crippen molar-refractivity contribution in [2.45, 2.75) is 59.2 Å². The highest BCUT2D eigenvalue weighted by atomic mass is 19.1. The van der Waals surface area contributed by atoms with Crippen LogP contribution < -0.4 is 0 Å². The smallest absolute Gasteiger partial charge is 0.410 e. The van der Waals surface area contributed by atoms with Crippen LogP contribution in [0.25, 0.3) is 4.85 Å². The molecule has 2 aromatic rings. The van der Waals surface area contributed by atoms with Gasteiger partial charge in [0.05, 0.1) is 26.3 Å². The second-order valence-electron chi connectivity index (χ2n) is 8.75. The SMILES string of the molecule is [C-]#[N+]c1cc(Cn2nc(C(=O)OCC)c3c2C(C)CN(C(=O)OC(C)(C)C)C3)ccc1F. The largest absolute Gasteiger partial charge is 0.461 e. The Bertz CT molecular complexity index is 1080. The van der Waals surface area contributed by atoms with Crippen molar-refractivity contribution in [2.75, 3.05) is 13.2 Å². The topological polar surface area (TPSA) is 78.0 Å². The Morgan fingerprint density at radius 1 is 1.34 bits per heavy atom. The molecule has 1 aliphatic heterocycles. The van der Waals surface area contributed by atoms with Crippen molar-refractivity contribution in [1.29, 1.82) is 0 Å². The first-order valence-electron chi connectivity index (χ1n) is 10.4. The molecule has 0 bridgehead atoms. The summed E-state index contributed by atoms with van der Waals surface area (Å²) in [6, 6.07) is 4.31. The number of nitrogens with zero attached hydrogens (tertiary/aromatic N) is 4. The maximum absolute atomic E-state index is 13.7. The van der Waals surface area contributed by atoms with E-state index in [2.05, 4.69) is 9.94 Å². The van der Waals surface area contributed by atoms with Gasteiger partial charge in [0.1, 0.15) is 11.4 Å². The third kappa shape index (κ3) is 4.90. The molecule has 1 aromatic heterocycles. The van der Waals surface area contributed by atoms with E-state index in [1.807, 2.05) is 6.92 Å². The van der Waals surface area contributed by atoms with Crippen LogP contribution in [-0.4, -0.2) is 45.5 Å². The third-order valence-corrected chi connectivity index (χ3v) is 4.99. The normalized spacial score (nSPS) is 15.7. The molecule has 0 N–H and O–H groups in total. The van der Waals surface area contributed by atoms with Gasteiger partial charge in [-0.1, -0.05) is 13.0 Å². The quantitative estimate of drug-likeness (QED) is 0.509. The van der Waals surface area contributed by atoms with E-state index in [0.29, 0.717) is 17.7 Å². The van der Waals surface area contributed by atoms with E-state index in [1.165, 1.54) is 12.1 Å². The van der Waals surface area contributed by atoms with Gasteiger partial charge >= 0.3 is 12.1 Å². The van der Waals surface area contributed by atoms with Crippen LogP contribution in [0.1, 0.15) is 67.8 Å². The third-order valence-electron chi connectivity index (χ3n) is 4.99. The Kier molecular flexibility index (Phi) is 6.53. The van der Waals surface area contributed by atoms with Gasteiger partial charge in [-0.25, -0.2) is 18.8 Å². The maximum atomic E-state index is 13.7. The number of rotatable bonds is 4. The molecule has 170 valence electrons. The van der Waals surface area contributed by atoms with Crippen LogP contribution in [-0.2, 0) is 22.6 Å². The first-order chi connectivity index (χ1) is 15.0. The summed E-state index contributed by atoms with van der Waals surface area (Å²) in [5.74, 6) is -1.29. The van der Waals surface area contributed by atoms with Gasteiger partial charge in [0.15, 0.2) is 5.69 Å². The Morgan fingerprint density at radius 2 is 2.06 bits per heavy atom. The van der Waals surface area contributed by atoms with Gasteiger partial charge < -0.3 is 14.4 Å². The summed E-state index contributed by atoms with van der Waals surface area (Å²) in [6.07, 6.45) is -0.460. The van der Waals surface area contributed by atoms with Crippen LogP contribution in [0.15, 0.2) is 18.2 Å². The van der Waals surface area contributed by atoms with E-state index in [0.717, 1.165) is 5.69 Å². The van der Waals surface area contributed by atoms with Gasteiger partial charge in [-0.2, -0.15) is 5.10 Å². The molecular weight excluding hydrogens is 415 g/mol. The summed E-state index contributed by atoms with van der Waals surface area (Å²) in [5, 5.41) is 4.49. The maximum Gasteiger partial charge on any atom is 0.410 e. The minimum atomic E-state index is -0.641. The fraction of sp³-hybridized carbons (Fsp3) is 0.478. The van der Waals surface area contributed by atoms with E-state index in [9.17, 15) is 14.0 Å². The fourth-order valence-corrected chi connectivity index (χ4v) is 3.76. The molecule has 3 rings (SSSR count). The lowest BCUT2D eigenvalue weighted by atomic mass is 9.96. The second-order valence-corrected chi connectivity index (χ2v) is 8.75. The number of benzene rings is 1. The summed E-state index contributed by atoms with van der Waals surface area (Å²) < 4.78 is 26.1. The Balaban J connectivity index is 2.00. The van der Waals surface area contributed by atoms with Crippen molar-refractivity contribution in [1.82, 2.24) is 14.7 Å². The molecule has 1 amide bonds. The summed E-state index contributed by atoms with van der Waals surface area (Å²) >= 11 is 0. The summed E-state index contributed by atoms with van der Waals surface area (Å²) in [4.78, 5) is 30.1.